The third-order valence-electron chi connectivity index (χ3n) is 4.86. The van der Waals surface area contributed by atoms with Crippen molar-refractivity contribution in [2.75, 3.05) is 13.1 Å². The van der Waals surface area contributed by atoms with Gasteiger partial charge < -0.3 is 11.1 Å². The smallest absolute Gasteiger partial charge is 0.00792 e. The van der Waals surface area contributed by atoms with Gasteiger partial charge in [-0.3, -0.25) is 0 Å². The molecule has 2 unspecified atom stereocenters. The summed E-state index contributed by atoms with van der Waals surface area (Å²) in [6.07, 6.45) is 12.4. The summed E-state index contributed by atoms with van der Waals surface area (Å²) in [6, 6.07) is 0.450. The lowest BCUT2D eigenvalue weighted by molar-refractivity contribution is 0.344. The Kier molecular flexibility index (Phi) is 4.87. The van der Waals surface area contributed by atoms with E-state index in [1.807, 2.05) is 0 Å². The fraction of sp³-hybridized carbons (Fsp3) is 1.00. The zero-order valence-corrected chi connectivity index (χ0v) is 11.5. The molecule has 2 atom stereocenters. The van der Waals surface area contributed by atoms with E-state index in [2.05, 4.69) is 12.2 Å². The Balaban J connectivity index is 1.66. The molecule has 2 aliphatic rings. The lowest BCUT2D eigenvalue weighted by Gasteiger charge is -2.23. The number of hydrogen-bond donors (Lipinski definition) is 2. The summed E-state index contributed by atoms with van der Waals surface area (Å²) in [7, 11) is 0. The van der Waals surface area contributed by atoms with Crippen LogP contribution in [0, 0.1) is 11.3 Å². The lowest BCUT2D eigenvalue weighted by atomic mass is 9.94. The molecule has 0 spiro atoms. The van der Waals surface area contributed by atoms with Gasteiger partial charge in [0.15, 0.2) is 0 Å². The predicted octanol–water partition coefficient (Wildman–Crippen LogP) is 3.06. The van der Waals surface area contributed by atoms with Crippen LogP contribution in [0.25, 0.3) is 0 Å². The zero-order valence-electron chi connectivity index (χ0n) is 11.5. The molecule has 0 aromatic rings. The Morgan fingerprint density at radius 1 is 1.18 bits per heavy atom. The molecule has 2 heteroatoms. The van der Waals surface area contributed by atoms with E-state index in [1.165, 1.54) is 64.3 Å². The highest BCUT2D eigenvalue weighted by molar-refractivity contribution is 4.94. The van der Waals surface area contributed by atoms with Crippen molar-refractivity contribution in [2.45, 2.75) is 70.8 Å². The van der Waals surface area contributed by atoms with Crippen molar-refractivity contribution in [3.05, 3.63) is 0 Å². The molecule has 0 radical (unpaired) electrons. The minimum atomic E-state index is 0.450. The molecule has 17 heavy (non-hydrogen) atoms. The first-order chi connectivity index (χ1) is 8.26. The maximum absolute atomic E-state index is 6.26. The van der Waals surface area contributed by atoms with Crippen molar-refractivity contribution in [2.24, 2.45) is 17.1 Å². The van der Waals surface area contributed by atoms with E-state index in [-0.39, 0.29) is 0 Å². The van der Waals surface area contributed by atoms with E-state index in [0.717, 1.165) is 12.5 Å². The van der Waals surface area contributed by atoms with Gasteiger partial charge in [-0.05, 0) is 50.0 Å². The monoisotopic (exact) mass is 238 g/mol. The normalized spacial score (nSPS) is 32.1. The fourth-order valence-electron chi connectivity index (χ4n) is 3.41. The molecule has 100 valence electrons. The van der Waals surface area contributed by atoms with Crippen molar-refractivity contribution in [3.63, 3.8) is 0 Å². The standard InChI is InChI=1S/C15H30N2/c1-2-8-15(9-10-15)12-17-11-13-6-4-3-5-7-14(13)16/h13-14,17H,2-12,16H2,1H3. The number of hydrogen-bond acceptors (Lipinski definition) is 2. The van der Waals surface area contributed by atoms with Crippen LogP contribution in [0.1, 0.15) is 64.7 Å². The first-order valence-corrected chi connectivity index (χ1v) is 7.72. The van der Waals surface area contributed by atoms with Crippen LogP contribution in [0.3, 0.4) is 0 Å². The van der Waals surface area contributed by atoms with Crippen LogP contribution in [0.5, 0.6) is 0 Å². The van der Waals surface area contributed by atoms with Crippen LogP contribution in [-0.4, -0.2) is 19.1 Å². The quantitative estimate of drug-likeness (QED) is 0.698. The summed E-state index contributed by atoms with van der Waals surface area (Å²) in [5, 5.41) is 3.72. The Hall–Kier alpha value is -0.0800. The molecular formula is C15H30N2. The highest BCUT2D eigenvalue weighted by atomic mass is 14.9. The Bertz CT molecular complexity index is 223. The van der Waals surface area contributed by atoms with Crippen LogP contribution in [0.4, 0.5) is 0 Å². The minimum Gasteiger partial charge on any atom is -0.327 e. The van der Waals surface area contributed by atoms with Gasteiger partial charge in [-0.1, -0.05) is 32.6 Å². The van der Waals surface area contributed by atoms with Gasteiger partial charge in [-0.15, -0.1) is 0 Å². The van der Waals surface area contributed by atoms with E-state index in [4.69, 9.17) is 5.73 Å². The predicted molar refractivity (Wildman–Crippen MR) is 74.0 cm³/mol. The van der Waals surface area contributed by atoms with E-state index in [0.29, 0.717) is 11.5 Å². The van der Waals surface area contributed by atoms with Gasteiger partial charge in [0.05, 0.1) is 0 Å². The average molecular weight is 238 g/mol. The van der Waals surface area contributed by atoms with E-state index < -0.39 is 0 Å². The highest BCUT2D eigenvalue weighted by Gasteiger charge is 2.40. The number of nitrogens with one attached hydrogen (secondary N) is 1. The van der Waals surface area contributed by atoms with Crippen molar-refractivity contribution < 1.29 is 0 Å². The molecular weight excluding hydrogens is 208 g/mol. The van der Waals surface area contributed by atoms with Gasteiger partial charge in [-0.2, -0.15) is 0 Å². The third-order valence-corrected chi connectivity index (χ3v) is 4.86. The summed E-state index contributed by atoms with van der Waals surface area (Å²) in [6.45, 7) is 4.71. The summed E-state index contributed by atoms with van der Waals surface area (Å²) in [5.41, 5.74) is 6.95. The molecule has 0 aromatic heterocycles. The largest absolute Gasteiger partial charge is 0.327 e. The van der Waals surface area contributed by atoms with Crippen LogP contribution in [0.15, 0.2) is 0 Å². The molecule has 0 amide bonds. The topological polar surface area (TPSA) is 38.0 Å². The minimum absolute atomic E-state index is 0.450. The second-order valence-electron chi connectivity index (χ2n) is 6.44. The molecule has 2 saturated carbocycles. The van der Waals surface area contributed by atoms with Gasteiger partial charge in [0, 0.05) is 12.6 Å². The van der Waals surface area contributed by atoms with Gasteiger partial charge in [-0.25, -0.2) is 0 Å². The molecule has 2 fully saturated rings. The molecule has 2 aliphatic carbocycles. The van der Waals surface area contributed by atoms with Crippen LogP contribution in [0.2, 0.25) is 0 Å². The van der Waals surface area contributed by atoms with Crippen LogP contribution < -0.4 is 11.1 Å². The second kappa shape index (κ2) is 6.19. The van der Waals surface area contributed by atoms with Crippen molar-refractivity contribution in [3.8, 4) is 0 Å². The molecule has 0 aromatic carbocycles. The molecule has 0 bridgehead atoms. The van der Waals surface area contributed by atoms with Crippen molar-refractivity contribution >= 4 is 0 Å². The van der Waals surface area contributed by atoms with Gasteiger partial charge in [0.25, 0.3) is 0 Å². The van der Waals surface area contributed by atoms with E-state index in [9.17, 15) is 0 Å². The summed E-state index contributed by atoms with van der Waals surface area (Å²) < 4.78 is 0. The SMILES string of the molecule is CCCC1(CNCC2CCCCCC2N)CC1. The maximum Gasteiger partial charge on any atom is 0.00792 e. The molecule has 0 aliphatic heterocycles. The summed E-state index contributed by atoms with van der Waals surface area (Å²) >= 11 is 0. The van der Waals surface area contributed by atoms with Crippen molar-refractivity contribution in [1.29, 1.82) is 0 Å². The van der Waals surface area contributed by atoms with E-state index >= 15 is 0 Å². The molecule has 0 heterocycles. The number of rotatable bonds is 6. The average Bonchev–Trinajstić information content (AvgIpc) is 3.08. The van der Waals surface area contributed by atoms with Crippen molar-refractivity contribution in [1.82, 2.24) is 5.32 Å². The molecule has 0 saturated heterocycles. The Morgan fingerprint density at radius 2 is 1.94 bits per heavy atom. The first kappa shape index (κ1) is 13.4. The van der Waals surface area contributed by atoms with Crippen LogP contribution in [-0.2, 0) is 0 Å². The van der Waals surface area contributed by atoms with Crippen LogP contribution >= 0.6 is 0 Å². The molecule has 2 nitrogen and oxygen atoms in total. The maximum atomic E-state index is 6.26. The van der Waals surface area contributed by atoms with Gasteiger partial charge in [0.1, 0.15) is 0 Å². The summed E-state index contributed by atoms with van der Waals surface area (Å²) in [4.78, 5) is 0. The second-order valence-corrected chi connectivity index (χ2v) is 6.44. The molecule has 3 N–H and O–H groups in total. The first-order valence-electron chi connectivity index (χ1n) is 7.72. The third kappa shape index (κ3) is 3.96. The van der Waals surface area contributed by atoms with Gasteiger partial charge in [0.2, 0.25) is 0 Å². The lowest BCUT2D eigenvalue weighted by Crippen LogP contribution is -2.38. The number of nitrogens with two attached hydrogens (primary N) is 1. The Labute approximate surface area is 107 Å². The van der Waals surface area contributed by atoms with Gasteiger partial charge >= 0.3 is 0 Å². The highest BCUT2D eigenvalue weighted by Crippen LogP contribution is 2.48. The molecule has 2 rings (SSSR count). The van der Waals surface area contributed by atoms with E-state index in [1.54, 1.807) is 0 Å². The zero-order chi connectivity index (χ0) is 12.1. The Morgan fingerprint density at radius 3 is 2.65 bits per heavy atom. The fourth-order valence-corrected chi connectivity index (χ4v) is 3.41. The summed E-state index contributed by atoms with van der Waals surface area (Å²) in [5.74, 6) is 0.731.